The summed E-state index contributed by atoms with van der Waals surface area (Å²) in [5, 5.41) is 0. The van der Waals surface area contributed by atoms with Crippen molar-refractivity contribution in [1.29, 1.82) is 0 Å². The molecule has 1 unspecified atom stereocenters. The van der Waals surface area contributed by atoms with Crippen molar-refractivity contribution in [2.75, 3.05) is 6.16 Å². The van der Waals surface area contributed by atoms with Crippen LogP contribution in [0.1, 0.15) is 36.7 Å². The van der Waals surface area contributed by atoms with Gasteiger partial charge in [0.05, 0.1) is 11.7 Å². The Morgan fingerprint density at radius 1 is 1.20 bits per heavy atom. The normalized spacial score (nSPS) is 13.3. The molecule has 0 saturated heterocycles. The van der Waals surface area contributed by atoms with Crippen molar-refractivity contribution in [3.8, 4) is 0 Å². The average Bonchev–Trinajstić information content (AvgIpc) is 2.35. The van der Waals surface area contributed by atoms with Gasteiger partial charge in [0.1, 0.15) is 6.10 Å². The summed E-state index contributed by atoms with van der Waals surface area (Å²) in [6.07, 6.45) is -0.0692. The highest BCUT2D eigenvalue weighted by Gasteiger charge is 2.15. The van der Waals surface area contributed by atoms with Gasteiger partial charge in [-0.2, -0.15) is 0 Å². The van der Waals surface area contributed by atoms with Crippen molar-refractivity contribution < 1.29 is 23.9 Å². The number of esters is 1. The van der Waals surface area contributed by atoms with Crippen LogP contribution in [0.3, 0.4) is 0 Å². The predicted molar refractivity (Wildman–Crippen MR) is 76.8 cm³/mol. The van der Waals surface area contributed by atoms with Gasteiger partial charge >= 0.3 is 13.6 Å². The Bertz CT molecular complexity index is 489. The lowest BCUT2D eigenvalue weighted by molar-refractivity contribution is 0.0238. The molecule has 0 spiro atoms. The standard InChI is InChI=1S/C14H21O5P/c1-10(2)11(3)19-14(15)13-6-4-12(5-7-13)8-9-20(16,17)18/h4-7,10-11H,8-9H2,1-3H3,(H2,16,17,18). The Balaban J connectivity index is 2.62. The Labute approximate surface area is 119 Å². The molecule has 5 nitrogen and oxygen atoms in total. The van der Waals surface area contributed by atoms with Crippen LogP contribution in [0.4, 0.5) is 0 Å². The molecule has 112 valence electrons. The summed E-state index contributed by atoms with van der Waals surface area (Å²) in [7, 11) is -3.98. The highest BCUT2D eigenvalue weighted by atomic mass is 31.2. The van der Waals surface area contributed by atoms with E-state index in [1.54, 1.807) is 24.3 Å². The molecule has 1 aromatic rings. The third-order valence-electron chi connectivity index (χ3n) is 3.11. The van der Waals surface area contributed by atoms with Crippen molar-refractivity contribution in [3.63, 3.8) is 0 Å². The zero-order valence-electron chi connectivity index (χ0n) is 11.9. The van der Waals surface area contributed by atoms with Crippen LogP contribution >= 0.6 is 7.60 Å². The molecule has 20 heavy (non-hydrogen) atoms. The zero-order chi connectivity index (χ0) is 15.3. The van der Waals surface area contributed by atoms with Crippen LogP contribution < -0.4 is 0 Å². The molecule has 1 atom stereocenters. The lowest BCUT2D eigenvalue weighted by Gasteiger charge is -2.16. The fraction of sp³-hybridized carbons (Fsp3) is 0.500. The molecule has 0 heterocycles. The molecular formula is C14H21O5P. The summed E-state index contributed by atoms with van der Waals surface area (Å²) in [6, 6.07) is 6.60. The van der Waals surface area contributed by atoms with E-state index in [4.69, 9.17) is 14.5 Å². The number of rotatable bonds is 6. The van der Waals surface area contributed by atoms with Crippen molar-refractivity contribution >= 4 is 13.6 Å². The number of ether oxygens (including phenoxy) is 1. The van der Waals surface area contributed by atoms with Gasteiger partial charge in [0.25, 0.3) is 0 Å². The number of hydrogen-bond acceptors (Lipinski definition) is 3. The smallest absolute Gasteiger partial charge is 0.338 e. The number of benzene rings is 1. The van der Waals surface area contributed by atoms with E-state index in [0.717, 1.165) is 5.56 Å². The first kappa shape index (κ1) is 16.9. The third kappa shape index (κ3) is 5.87. The summed E-state index contributed by atoms with van der Waals surface area (Å²) in [4.78, 5) is 29.5. The van der Waals surface area contributed by atoms with Crippen LogP contribution in [0.5, 0.6) is 0 Å². The minimum Gasteiger partial charge on any atom is -0.459 e. The number of hydrogen-bond donors (Lipinski definition) is 2. The summed E-state index contributed by atoms with van der Waals surface area (Å²) in [5.41, 5.74) is 1.22. The molecule has 0 aliphatic rings. The Hall–Kier alpha value is -1.16. The highest BCUT2D eigenvalue weighted by molar-refractivity contribution is 7.51. The molecule has 0 aromatic heterocycles. The van der Waals surface area contributed by atoms with Gasteiger partial charge in [0, 0.05) is 0 Å². The highest BCUT2D eigenvalue weighted by Crippen LogP contribution is 2.34. The van der Waals surface area contributed by atoms with Crippen LogP contribution in [0.25, 0.3) is 0 Å². The van der Waals surface area contributed by atoms with Gasteiger partial charge in [-0.25, -0.2) is 4.79 Å². The lowest BCUT2D eigenvalue weighted by atomic mass is 10.1. The van der Waals surface area contributed by atoms with Crippen LogP contribution in [0.15, 0.2) is 24.3 Å². The quantitative estimate of drug-likeness (QED) is 0.623. The summed E-state index contributed by atoms with van der Waals surface area (Å²) < 4.78 is 16.1. The first-order valence-corrected chi connectivity index (χ1v) is 8.33. The van der Waals surface area contributed by atoms with E-state index in [1.807, 2.05) is 20.8 Å². The fourth-order valence-corrected chi connectivity index (χ4v) is 2.00. The minimum atomic E-state index is -3.98. The first-order valence-electron chi connectivity index (χ1n) is 6.53. The van der Waals surface area contributed by atoms with E-state index in [2.05, 4.69) is 0 Å². The second-order valence-electron chi connectivity index (χ2n) is 5.19. The summed E-state index contributed by atoms with van der Waals surface area (Å²) in [6.45, 7) is 5.79. The topological polar surface area (TPSA) is 83.8 Å². The Morgan fingerprint density at radius 3 is 2.20 bits per heavy atom. The van der Waals surface area contributed by atoms with Gasteiger partial charge in [-0.05, 0) is 37.0 Å². The molecule has 1 rings (SSSR count). The monoisotopic (exact) mass is 300 g/mol. The SMILES string of the molecule is CC(C)C(C)OC(=O)c1ccc(CCP(=O)(O)O)cc1. The molecule has 0 fully saturated rings. The third-order valence-corrected chi connectivity index (χ3v) is 3.92. The molecule has 6 heteroatoms. The van der Waals surface area contributed by atoms with Crippen molar-refractivity contribution in [3.05, 3.63) is 35.4 Å². The van der Waals surface area contributed by atoms with Crippen LogP contribution in [0, 0.1) is 5.92 Å². The predicted octanol–water partition coefficient (Wildman–Crippen LogP) is 2.61. The van der Waals surface area contributed by atoms with E-state index < -0.39 is 7.60 Å². The molecule has 0 radical (unpaired) electrons. The van der Waals surface area contributed by atoms with Gasteiger partial charge < -0.3 is 14.5 Å². The van der Waals surface area contributed by atoms with Crippen LogP contribution in [-0.4, -0.2) is 28.0 Å². The fourth-order valence-electron chi connectivity index (χ4n) is 1.46. The van der Waals surface area contributed by atoms with E-state index in [9.17, 15) is 9.36 Å². The Morgan fingerprint density at radius 2 is 1.75 bits per heavy atom. The van der Waals surface area contributed by atoms with Gasteiger partial charge in [0.15, 0.2) is 0 Å². The second-order valence-corrected chi connectivity index (χ2v) is 6.97. The van der Waals surface area contributed by atoms with Gasteiger partial charge in [-0.1, -0.05) is 26.0 Å². The van der Waals surface area contributed by atoms with Crippen molar-refractivity contribution in [2.24, 2.45) is 5.92 Å². The maximum Gasteiger partial charge on any atom is 0.338 e. The molecule has 2 N–H and O–H groups in total. The molecule has 0 bridgehead atoms. The van der Waals surface area contributed by atoms with Gasteiger partial charge in [-0.15, -0.1) is 0 Å². The molecular weight excluding hydrogens is 279 g/mol. The first-order chi connectivity index (χ1) is 9.19. The van der Waals surface area contributed by atoms with E-state index >= 15 is 0 Å². The van der Waals surface area contributed by atoms with Crippen LogP contribution in [-0.2, 0) is 15.7 Å². The van der Waals surface area contributed by atoms with Crippen LogP contribution in [0.2, 0.25) is 0 Å². The zero-order valence-corrected chi connectivity index (χ0v) is 12.8. The second kappa shape index (κ2) is 7.02. The number of carbonyl (C=O) groups excluding carboxylic acids is 1. The average molecular weight is 300 g/mol. The molecule has 1 aromatic carbocycles. The maximum absolute atomic E-state index is 11.8. The maximum atomic E-state index is 11.8. The molecule has 0 amide bonds. The van der Waals surface area contributed by atoms with Crippen molar-refractivity contribution in [2.45, 2.75) is 33.3 Å². The summed E-state index contributed by atoms with van der Waals surface area (Å²) >= 11 is 0. The van der Waals surface area contributed by atoms with E-state index in [0.29, 0.717) is 5.56 Å². The number of aryl methyl sites for hydroxylation is 1. The molecule has 0 saturated carbocycles. The largest absolute Gasteiger partial charge is 0.459 e. The van der Waals surface area contributed by atoms with E-state index in [1.165, 1.54) is 0 Å². The Kier molecular flexibility index (Phi) is 5.93. The number of carbonyl (C=O) groups is 1. The molecule has 0 aliphatic heterocycles. The minimum absolute atomic E-state index is 0.156. The van der Waals surface area contributed by atoms with Crippen molar-refractivity contribution in [1.82, 2.24) is 0 Å². The van der Waals surface area contributed by atoms with E-state index in [-0.39, 0.29) is 30.6 Å². The molecule has 0 aliphatic carbocycles. The lowest BCUT2D eigenvalue weighted by Crippen LogP contribution is -2.20. The van der Waals surface area contributed by atoms with Gasteiger partial charge in [0.2, 0.25) is 0 Å². The summed E-state index contributed by atoms with van der Waals surface area (Å²) in [5.74, 6) is -0.130. The van der Waals surface area contributed by atoms with Gasteiger partial charge in [-0.3, -0.25) is 4.57 Å².